The lowest BCUT2D eigenvalue weighted by atomic mass is 10.2. The van der Waals surface area contributed by atoms with Crippen molar-refractivity contribution in [2.75, 3.05) is 12.4 Å². The van der Waals surface area contributed by atoms with Gasteiger partial charge in [-0.15, -0.1) is 10.2 Å². The number of carbonyl (C=O) groups is 2. The van der Waals surface area contributed by atoms with Crippen LogP contribution in [0.15, 0.2) is 84.0 Å². The van der Waals surface area contributed by atoms with E-state index in [1.807, 2.05) is 66.7 Å². The molecule has 0 bridgehead atoms. The van der Waals surface area contributed by atoms with E-state index in [0.717, 1.165) is 28.2 Å². The molecule has 0 fully saturated rings. The second-order valence-corrected chi connectivity index (χ2v) is 8.09. The highest BCUT2D eigenvalue weighted by Crippen LogP contribution is 2.25. The summed E-state index contributed by atoms with van der Waals surface area (Å²) in [4.78, 5) is 24.3. The van der Waals surface area contributed by atoms with Crippen LogP contribution in [-0.2, 0) is 16.2 Å². The number of carbonyl (C=O) groups excluding carboxylic acids is 2. The summed E-state index contributed by atoms with van der Waals surface area (Å²) in [6.45, 7) is 0.323. The molecule has 0 unspecified atom stereocenters. The van der Waals surface area contributed by atoms with Crippen molar-refractivity contribution in [2.45, 2.75) is 6.61 Å². The topological polar surface area (TPSA) is 115 Å². The van der Waals surface area contributed by atoms with Crippen LogP contribution in [0.2, 0.25) is 0 Å². The Bertz CT molecular complexity index is 1340. The van der Waals surface area contributed by atoms with Crippen molar-refractivity contribution in [3.63, 3.8) is 0 Å². The second-order valence-electron chi connectivity index (χ2n) is 7.11. The van der Waals surface area contributed by atoms with Gasteiger partial charge in [-0.2, -0.15) is 5.10 Å². The van der Waals surface area contributed by atoms with E-state index in [2.05, 4.69) is 26.0 Å². The van der Waals surface area contributed by atoms with Crippen molar-refractivity contribution in [3.8, 4) is 22.1 Å². The van der Waals surface area contributed by atoms with Gasteiger partial charge in [0.1, 0.15) is 23.1 Å². The van der Waals surface area contributed by atoms with Crippen molar-refractivity contribution in [2.24, 2.45) is 5.10 Å². The molecule has 0 aliphatic heterocycles. The van der Waals surface area contributed by atoms with E-state index in [1.54, 1.807) is 19.2 Å². The van der Waals surface area contributed by atoms with Gasteiger partial charge in [0.05, 0.1) is 13.3 Å². The molecule has 0 aliphatic rings. The summed E-state index contributed by atoms with van der Waals surface area (Å²) in [6.07, 6.45) is 1.41. The van der Waals surface area contributed by atoms with Crippen molar-refractivity contribution in [3.05, 3.63) is 90.0 Å². The zero-order valence-corrected chi connectivity index (χ0v) is 19.5. The molecule has 4 aromatic rings. The first-order chi connectivity index (χ1) is 17.1. The monoisotopic (exact) mass is 487 g/mol. The number of hydrazone groups is 1. The molecular weight excluding hydrogens is 466 g/mol. The molecule has 35 heavy (non-hydrogen) atoms. The Balaban J connectivity index is 1.32. The zero-order chi connectivity index (χ0) is 24.5. The number of aromatic nitrogens is 2. The quantitative estimate of drug-likeness (QED) is 0.221. The van der Waals surface area contributed by atoms with Gasteiger partial charge in [0.25, 0.3) is 0 Å². The molecule has 0 radical (unpaired) electrons. The highest BCUT2D eigenvalue weighted by Gasteiger charge is 2.16. The van der Waals surface area contributed by atoms with Crippen molar-refractivity contribution in [1.82, 2.24) is 15.6 Å². The number of amides is 2. The van der Waals surface area contributed by atoms with Gasteiger partial charge in [0, 0.05) is 11.1 Å². The van der Waals surface area contributed by atoms with Gasteiger partial charge in [0.2, 0.25) is 5.13 Å². The smallest absolute Gasteiger partial charge is 0.329 e. The van der Waals surface area contributed by atoms with Gasteiger partial charge in [-0.3, -0.25) is 14.9 Å². The van der Waals surface area contributed by atoms with Crippen molar-refractivity contribution in [1.29, 1.82) is 0 Å². The largest absolute Gasteiger partial charge is 0.497 e. The van der Waals surface area contributed by atoms with Crippen molar-refractivity contribution < 1.29 is 19.1 Å². The molecule has 176 valence electrons. The summed E-state index contributed by atoms with van der Waals surface area (Å²) >= 11 is 1.16. The van der Waals surface area contributed by atoms with Crippen LogP contribution in [0.25, 0.3) is 10.6 Å². The summed E-state index contributed by atoms with van der Waals surface area (Å²) in [5.74, 6) is -0.528. The lowest BCUT2D eigenvalue weighted by Gasteiger charge is -2.10. The molecule has 0 saturated carbocycles. The van der Waals surface area contributed by atoms with E-state index >= 15 is 0 Å². The zero-order valence-electron chi connectivity index (χ0n) is 18.7. The van der Waals surface area contributed by atoms with Crippen LogP contribution in [-0.4, -0.2) is 35.3 Å². The summed E-state index contributed by atoms with van der Waals surface area (Å²) in [7, 11) is 1.61. The molecule has 0 atom stereocenters. The van der Waals surface area contributed by atoms with Crippen LogP contribution < -0.4 is 20.2 Å². The number of rotatable bonds is 8. The Hall–Kier alpha value is -4.57. The molecule has 2 N–H and O–H groups in total. The second kappa shape index (κ2) is 11.5. The molecule has 3 aromatic carbocycles. The van der Waals surface area contributed by atoms with Gasteiger partial charge in [-0.05, 0) is 29.8 Å². The maximum Gasteiger partial charge on any atom is 0.329 e. The van der Waals surface area contributed by atoms with E-state index < -0.39 is 11.8 Å². The maximum absolute atomic E-state index is 12.2. The van der Waals surface area contributed by atoms with Gasteiger partial charge in [-0.1, -0.05) is 65.9 Å². The Morgan fingerprint density at radius 3 is 2.60 bits per heavy atom. The normalized spacial score (nSPS) is 10.7. The van der Waals surface area contributed by atoms with Gasteiger partial charge >= 0.3 is 11.8 Å². The van der Waals surface area contributed by atoms with Crippen LogP contribution in [0.4, 0.5) is 5.13 Å². The van der Waals surface area contributed by atoms with Crippen LogP contribution in [0.1, 0.15) is 11.1 Å². The molecule has 0 spiro atoms. The fraction of sp³-hybridized carbons (Fsp3) is 0.0800. The van der Waals surface area contributed by atoms with Gasteiger partial charge in [0.15, 0.2) is 0 Å². The van der Waals surface area contributed by atoms with Crippen LogP contribution in [0.5, 0.6) is 11.5 Å². The molecule has 1 heterocycles. The third-order valence-corrected chi connectivity index (χ3v) is 5.58. The standard InChI is InChI=1S/C25H21N5O4S/c1-33-20-12-7-8-17(14-20)16-34-21-13-6-5-11-19(21)15-26-28-23(32)22(31)27-25-30-29-24(35-25)18-9-3-2-4-10-18/h2-15H,16H2,1H3,(H,28,32)(H,27,30,31)/b26-15-. The first kappa shape index (κ1) is 23.6. The average molecular weight is 488 g/mol. The maximum atomic E-state index is 12.2. The predicted molar refractivity (Wildman–Crippen MR) is 133 cm³/mol. The number of benzene rings is 3. The van der Waals surface area contributed by atoms with E-state index in [1.165, 1.54) is 6.21 Å². The molecule has 10 heteroatoms. The Morgan fingerprint density at radius 1 is 0.971 bits per heavy atom. The number of nitrogens with one attached hydrogen (secondary N) is 2. The van der Waals surface area contributed by atoms with E-state index in [-0.39, 0.29) is 5.13 Å². The van der Waals surface area contributed by atoms with Crippen LogP contribution in [0, 0.1) is 0 Å². The van der Waals surface area contributed by atoms with E-state index in [9.17, 15) is 9.59 Å². The van der Waals surface area contributed by atoms with Gasteiger partial charge < -0.3 is 9.47 Å². The number of hydrogen-bond donors (Lipinski definition) is 2. The van der Waals surface area contributed by atoms with Gasteiger partial charge in [-0.25, -0.2) is 5.43 Å². The number of hydrogen-bond acceptors (Lipinski definition) is 8. The summed E-state index contributed by atoms with van der Waals surface area (Å²) in [5.41, 5.74) is 4.65. The lowest BCUT2D eigenvalue weighted by molar-refractivity contribution is -0.136. The predicted octanol–water partition coefficient (Wildman–Crippen LogP) is 3.88. The fourth-order valence-corrected chi connectivity index (χ4v) is 3.72. The summed E-state index contributed by atoms with van der Waals surface area (Å²) in [5, 5.41) is 15.1. The number of anilines is 1. The molecule has 0 aliphatic carbocycles. The third-order valence-electron chi connectivity index (χ3n) is 4.69. The number of methoxy groups -OCH3 is 1. The van der Waals surface area contributed by atoms with Crippen molar-refractivity contribution >= 4 is 34.5 Å². The summed E-state index contributed by atoms with van der Waals surface area (Å²) < 4.78 is 11.1. The molecule has 2 amide bonds. The molecule has 9 nitrogen and oxygen atoms in total. The Kier molecular flexibility index (Phi) is 7.77. The fourth-order valence-electron chi connectivity index (χ4n) is 2.98. The average Bonchev–Trinajstić information content (AvgIpc) is 3.37. The molecular formula is C25H21N5O4S. The molecule has 1 aromatic heterocycles. The minimum atomic E-state index is -0.938. The molecule has 0 saturated heterocycles. The van der Waals surface area contributed by atoms with E-state index in [0.29, 0.717) is 22.9 Å². The summed E-state index contributed by atoms with van der Waals surface area (Å²) in [6, 6.07) is 24.2. The highest BCUT2D eigenvalue weighted by molar-refractivity contribution is 7.18. The van der Waals surface area contributed by atoms with E-state index in [4.69, 9.17) is 9.47 Å². The number of nitrogens with zero attached hydrogens (tertiary/aromatic N) is 3. The first-order valence-electron chi connectivity index (χ1n) is 10.5. The minimum Gasteiger partial charge on any atom is -0.497 e. The highest BCUT2D eigenvalue weighted by atomic mass is 32.1. The Labute approximate surface area is 205 Å². The minimum absolute atomic E-state index is 0.212. The van der Waals surface area contributed by atoms with Crippen LogP contribution in [0.3, 0.4) is 0 Å². The number of ether oxygens (including phenoxy) is 2. The first-order valence-corrected chi connectivity index (χ1v) is 11.3. The number of para-hydroxylation sites is 1. The van der Waals surface area contributed by atoms with Crippen LogP contribution >= 0.6 is 11.3 Å². The SMILES string of the molecule is COc1cccc(COc2ccccc2/C=N\NC(=O)C(=O)Nc2nnc(-c3ccccc3)s2)c1. The lowest BCUT2D eigenvalue weighted by Crippen LogP contribution is -2.32. The third kappa shape index (κ3) is 6.49. The molecule has 4 rings (SSSR count). The Morgan fingerprint density at radius 2 is 1.77 bits per heavy atom.